The second kappa shape index (κ2) is 9.04. The summed E-state index contributed by atoms with van der Waals surface area (Å²) in [7, 11) is 1.59. The highest BCUT2D eigenvalue weighted by Crippen LogP contribution is 2.26. The fourth-order valence-electron chi connectivity index (χ4n) is 3.08. The SMILES string of the molecule is COc1ccc(C)cc1NC(=O)c1ccc(COc2ccc(C(C)(C)C)cc2)cc1. The maximum atomic E-state index is 12.6. The highest BCUT2D eigenvalue weighted by molar-refractivity contribution is 6.05. The lowest BCUT2D eigenvalue weighted by molar-refractivity contribution is 0.102. The van der Waals surface area contributed by atoms with Gasteiger partial charge in [-0.15, -0.1) is 0 Å². The number of amides is 1. The molecule has 0 aliphatic rings. The summed E-state index contributed by atoms with van der Waals surface area (Å²) >= 11 is 0. The Labute approximate surface area is 178 Å². The van der Waals surface area contributed by atoms with Crippen molar-refractivity contribution < 1.29 is 14.3 Å². The standard InChI is InChI=1S/C26H29NO3/c1-18-6-15-24(29-5)23(16-18)27-25(28)20-9-7-19(8-10-20)17-30-22-13-11-21(12-14-22)26(2,3)4/h6-16H,17H2,1-5H3,(H,27,28). The zero-order valence-corrected chi connectivity index (χ0v) is 18.3. The lowest BCUT2D eigenvalue weighted by atomic mass is 9.87. The molecule has 0 spiro atoms. The van der Waals surface area contributed by atoms with Crippen molar-refractivity contribution in [2.45, 2.75) is 39.7 Å². The van der Waals surface area contributed by atoms with E-state index in [4.69, 9.17) is 9.47 Å². The van der Waals surface area contributed by atoms with Crippen LogP contribution in [0.15, 0.2) is 66.7 Å². The van der Waals surface area contributed by atoms with Crippen molar-refractivity contribution in [3.8, 4) is 11.5 Å². The monoisotopic (exact) mass is 403 g/mol. The van der Waals surface area contributed by atoms with E-state index in [-0.39, 0.29) is 11.3 Å². The smallest absolute Gasteiger partial charge is 0.255 e. The van der Waals surface area contributed by atoms with Crippen molar-refractivity contribution in [1.29, 1.82) is 0 Å². The fraction of sp³-hybridized carbons (Fsp3) is 0.269. The van der Waals surface area contributed by atoms with Crippen molar-refractivity contribution in [2.24, 2.45) is 0 Å². The van der Waals surface area contributed by atoms with E-state index >= 15 is 0 Å². The molecule has 0 saturated heterocycles. The molecule has 0 fully saturated rings. The maximum absolute atomic E-state index is 12.6. The number of nitrogens with one attached hydrogen (secondary N) is 1. The molecule has 30 heavy (non-hydrogen) atoms. The van der Waals surface area contributed by atoms with Crippen LogP contribution in [-0.4, -0.2) is 13.0 Å². The van der Waals surface area contributed by atoms with E-state index in [2.05, 4.69) is 38.2 Å². The zero-order valence-electron chi connectivity index (χ0n) is 18.3. The molecule has 1 N–H and O–H groups in total. The number of ether oxygens (including phenoxy) is 2. The van der Waals surface area contributed by atoms with Crippen LogP contribution < -0.4 is 14.8 Å². The van der Waals surface area contributed by atoms with Gasteiger partial charge >= 0.3 is 0 Å². The number of aryl methyl sites for hydroxylation is 1. The molecule has 0 bridgehead atoms. The van der Waals surface area contributed by atoms with Crippen LogP contribution in [0.3, 0.4) is 0 Å². The summed E-state index contributed by atoms with van der Waals surface area (Å²) in [5.41, 5.74) is 4.69. The molecule has 0 unspecified atom stereocenters. The average molecular weight is 404 g/mol. The average Bonchev–Trinajstić information content (AvgIpc) is 2.72. The topological polar surface area (TPSA) is 47.6 Å². The fourth-order valence-corrected chi connectivity index (χ4v) is 3.08. The predicted molar refractivity (Wildman–Crippen MR) is 122 cm³/mol. The molecule has 4 nitrogen and oxygen atoms in total. The van der Waals surface area contributed by atoms with Gasteiger partial charge in [-0.3, -0.25) is 4.79 Å². The third-order valence-electron chi connectivity index (χ3n) is 4.95. The van der Waals surface area contributed by atoms with Gasteiger partial charge in [0.1, 0.15) is 18.1 Å². The first-order valence-corrected chi connectivity index (χ1v) is 10.0. The van der Waals surface area contributed by atoms with E-state index < -0.39 is 0 Å². The third kappa shape index (κ3) is 5.41. The Morgan fingerprint density at radius 3 is 2.20 bits per heavy atom. The highest BCUT2D eigenvalue weighted by Gasteiger charge is 2.13. The summed E-state index contributed by atoms with van der Waals surface area (Å²) in [6.45, 7) is 8.99. The molecule has 0 saturated carbocycles. The van der Waals surface area contributed by atoms with Gasteiger partial charge in [-0.25, -0.2) is 0 Å². The van der Waals surface area contributed by atoms with E-state index in [0.717, 1.165) is 16.9 Å². The first kappa shape index (κ1) is 21.4. The van der Waals surface area contributed by atoms with Crippen LogP contribution in [0, 0.1) is 6.92 Å². The highest BCUT2D eigenvalue weighted by atomic mass is 16.5. The van der Waals surface area contributed by atoms with E-state index in [1.165, 1.54) is 5.56 Å². The molecule has 4 heteroatoms. The van der Waals surface area contributed by atoms with Crippen LogP contribution in [0.4, 0.5) is 5.69 Å². The van der Waals surface area contributed by atoms with Crippen LogP contribution >= 0.6 is 0 Å². The van der Waals surface area contributed by atoms with Crippen LogP contribution in [0.25, 0.3) is 0 Å². The number of rotatable bonds is 6. The van der Waals surface area contributed by atoms with Gasteiger partial charge in [0.05, 0.1) is 12.8 Å². The van der Waals surface area contributed by atoms with Crippen molar-refractivity contribution in [3.05, 3.63) is 89.0 Å². The first-order chi connectivity index (χ1) is 14.3. The van der Waals surface area contributed by atoms with E-state index in [0.29, 0.717) is 23.6 Å². The van der Waals surface area contributed by atoms with Gasteiger partial charge in [0, 0.05) is 5.56 Å². The van der Waals surface area contributed by atoms with Crippen LogP contribution in [0.5, 0.6) is 11.5 Å². The summed E-state index contributed by atoms with van der Waals surface area (Å²) in [6.07, 6.45) is 0. The van der Waals surface area contributed by atoms with E-state index in [9.17, 15) is 4.79 Å². The minimum Gasteiger partial charge on any atom is -0.495 e. The summed E-state index contributed by atoms with van der Waals surface area (Å²) in [4.78, 5) is 12.6. The number of benzene rings is 3. The molecular weight excluding hydrogens is 374 g/mol. The van der Waals surface area contributed by atoms with Crippen LogP contribution in [0.2, 0.25) is 0 Å². The Hall–Kier alpha value is -3.27. The Kier molecular flexibility index (Phi) is 6.46. The van der Waals surface area contributed by atoms with Gasteiger partial charge < -0.3 is 14.8 Å². The van der Waals surface area contributed by atoms with Gasteiger partial charge in [-0.1, -0.05) is 51.1 Å². The first-order valence-electron chi connectivity index (χ1n) is 10.0. The molecule has 3 aromatic rings. The molecule has 0 atom stereocenters. The summed E-state index contributed by atoms with van der Waals surface area (Å²) in [5.74, 6) is 1.29. The Bertz CT molecular complexity index is 1000. The number of methoxy groups -OCH3 is 1. The minimum atomic E-state index is -0.177. The summed E-state index contributed by atoms with van der Waals surface area (Å²) in [6, 6.07) is 21.3. The van der Waals surface area contributed by atoms with Crippen molar-refractivity contribution in [3.63, 3.8) is 0 Å². The predicted octanol–water partition coefficient (Wildman–Crippen LogP) is 6.13. The lowest BCUT2D eigenvalue weighted by Gasteiger charge is -2.19. The Morgan fingerprint density at radius 2 is 1.60 bits per heavy atom. The van der Waals surface area contributed by atoms with E-state index in [1.54, 1.807) is 19.2 Å². The van der Waals surface area contributed by atoms with Gasteiger partial charge in [0.15, 0.2) is 0 Å². The van der Waals surface area contributed by atoms with Gasteiger partial charge in [0.25, 0.3) is 5.91 Å². The molecule has 3 aromatic carbocycles. The summed E-state index contributed by atoms with van der Waals surface area (Å²) < 4.78 is 11.2. The van der Waals surface area contributed by atoms with E-state index in [1.807, 2.05) is 49.4 Å². The molecule has 0 heterocycles. The second-order valence-electron chi connectivity index (χ2n) is 8.42. The summed E-state index contributed by atoms with van der Waals surface area (Å²) in [5, 5.41) is 2.92. The van der Waals surface area contributed by atoms with Crippen molar-refractivity contribution >= 4 is 11.6 Å². The molecule has 0 aliphatic carbocycles. The zero-order chi connectivity index (χ0) is 21.7. The number of hydrogen-bond acceptors (Lipinski definition) is 3. The Balaban J connectivity index is 1.61. The number of anilines is 1. The quantitative estimate of drug-likeness (QED) is 0.538. The lowest BCUT2D eigenvalue weighted by Crippen LogP contribution is -2.13. The molecule has 1 amide bonds. The molecule has 0 aliphatic heterocycles. The molecule has 3 rings (SSSR count). The minimum absolute atomic E-state index is 0.122. The van der Waals surface area contributed by atoms with Crippen LogP contribution in [0.1, 0.15) is 47.8 Å². The molecular formula is C26H29NO3. The van der Waals surface area contributed by atoms with Gasteiger partial charge in [-0.05, 0) is 65.4 Å². The normalized spacial score (nSPS) is 11.1. The third-order valence-corrected chi connectivity index (χ3v) is 4.95. The van der Waals surface area contributed by atoms with Gasteiger partial charge in [0.2, 0.25) is 0 Å². The molecule has 0 aromatic heterocycles. The molecule has 0 radical (unpaired) electrons. The maximum Gasteiger partial charge on any atom is 0.255 e. The Morgan fingerprint density at radius 1 is 0.933 bits per heavy atom. The van der Waals surface area contributed by atoms with Crippen molar-refractivity contribution in [1.82, 2.24) is 0 Å². The number of carbonyl (C=O) groups is 1. The van der Waals surface area contributed by atoms with Crippen LogP contribution in [-0.2, 0) is 12.0 Å². The second-order valence-corrected chi connectivity index (χ2v) is 8.42. The van der Waals surface area contributed by atoms with Gasteiger partial charge in [-0.2, -0.15) is 0 Å². The largest absolute Gasteiger partial charge is 0.495 e. The number of hydrogen-bond donors (Lipinski definition) is 1. The number of carbonyl (C=O) groups excluding carboxylic acids is 1. The molecule has 156 valence electrons. The van der Waals surface area contributed by atoms with Crippen molar-refractivity contribution in [2.75, 3.05) is 12.4 Å².